The summed E-state index contributed by atoms with van der Waals surface area (Å²) in [5, 5.41) is 6.31. The maximum atomic E-state index is 11.8. The highest BCUT2D eigenvalue weighted by atomic mass is 35.5. The molecule has 0 aliphatic carbocycles. The quantitative estimate of drug-likeness (QED) is 0.826. The number of carbonyl (C=O) groups excluding carboxylic acids is 1. The normalized spacial score (nSPS) is 21.0. The molecule has 2 aromatic carbocycles. The van der Waals surface area contributed by atoms with Crippen LogP contribution < -0.4 is 20.1 Å². The number of ether oxygens (including phenoxy) is 2. The maximum absolute atomic E-state index is 11.8. The monoisotopic (exact) mass is 388 g/mol. The zero-order valence-corrected chi connectivity index (χ0v) is 16.2. The molecule has 1 amide bonds. The average molecular weight is 389 g/mol. The number of hydrogen-bond acceptors (Lipinski definition) is 4. The molecule has 144 valence electrons. The van der Waals surface area contributed by atoms with Crippen LogP contribution in [0.1, 0.15) is 33.8 Å². The Labute approximate surface area is 165 Å². The van der Waals surface area contributed by atoms with Gasteiger partial charge in [-0.25, -0.2) is 0 Å². The van der Waals surface area contributed by atoms with E-state index in [0.29, 0.717) is 25.0 Å². The zero-order chi connectivity index (χ0) is 17.9. The molecule has 5 nitrogen and oxygen atoms in total. The SMILES string of the molecule is COc1ccc([C@@H]2CCNC[C@H]2COc2ccc3c(c2)C(=O)NC3)cc1.Cl. The van der Waals surface area contributed by atoms with Gasteiger partial charge in [-0.1, -0.05) is 18.2 Å². The van der Waals surface area contributed by atoms with Crippen molar-refractivity contribution in [1.29, 1.82) is 0 Å². The van der Waals surface area contributed by atoms with E-state index in [1.54, 1.807) is 7.11 Å². The lowest BCUT2D eigenvalue weighted by atomic mass is 9.81. The Morgan fingerprint density at radius 1 is 1.11 bits per heavy atom. The number of hydrogen-bond donors (Lipinski definition) is 2. The standard InChI is InChI=1S/C21H24N2O3.ClH/c1-25-17-5-2-14(3-6-17)19-8-9-22-11-16(19)13-26-18-7-4-15-12-23-21(24)20(15)10-18;/h2-7,10,16,19,22H,8-9,11-13H2,1H3,(H,23,24);1H/t16-,19-;/m0./s1. The zero-order valence-electron chi connectivity index (χ0n) is 15.4. The number of piperidine rings is 1. The van der Waals surface area contributed by atoms with Crippen molar-refractivity contribution >= 4 is 18.3 Å². The second kappa shape index (κ2) is 8.63. The lowest BCUT2D eigenvalue weighted by molar-refractivity contribution is 0.0965. The van der Waals surface area contributed by atoms with Gasteiger partial charge in [0.05, 0.1) is 13.7 Å². The first-order chi connectivity index (χ1) is 12.7. The molecule has 27 heavy (non-hydrogen) atoms. The van der Waals surface area contributed by atoms with Gasteiger partial charge in [-0.3, -0.25) is 4.79 Å². The summed E-state index contributed by atoms with van der Waals surface area (Å²) in [7, 11) is 1.69. The lowest BCUT2D eigenvalue weighted by Gasteiger charge is -2.32. The number of carbonyl (C=O) groups is 1. The van der Waals surface area contributed by atoms with Gasteiger partial charge in [0.25, 0.3) is 5.91 Å². The summed E-state index contributed by atoms with van der Waals surface area (Å²) in [6.45, 7) is 3.19. The number of fused-ring (bicyclic) bond motifs is 1. The van der Waals surface area contributed by atoms with E-state index in [-0.39, 0.29) is 18.3 Å². The Hall–Kier alpha value is -2.24. The van der Waals surface area contributed by atoms with E-state index >= 15 is 0 Å². The highest BCUT2D eigenvalue weighted by Gasteiger charge is 2.27. The van der Waals surface area contributed by atoms with Crippen LogP contribution in [0, 0.1) is 5.92 Å². The van der Waals surface area contributed by atoms with E-state index < -0.39 is 0 Å². The first-order valence-electron chi connectivity index (χ1n) is 9.13. The first-order valence-corrected chi connectivity index (χ1v) is 9.13. The van der Waals surface area contributed by atoms with E-state index in [4.69, 9.17) is 9.47 Å². The van der Waals surface area contributed by atoms with Crippen molar-refractivity contribution in [3.05, 3.63) is 59.2 Å². The molecule has 2 N–H and O–H groups in total. The third kappa shape index (κ3) is 4.20. The molecule has 6 heteroatoms. The second-order valence-corrected chi connectivity index (χ2v) is 6.95. The first kappa shape index (κ1) is 19.5. The van der Waals surface area contributed by atoms with Crippen LogP contribution in [-0.4, -0.2) is 32.7 Å². The van der Waals surface area contributed by atoms with E-state index in [2.05, 4.69) is 22.8 Å². The van der Waals surface area contributed by atoms with Crippen molar-refractivity contribution in [2.24, 2.45) is 5.92 Å². The van der Waals surface area contributed by atoms with Gasteiger partial charge < -0.3 is 20.1 Å². The van der Waals surface area contributed by atoms with E-state index in [1.165, 1.54) is 5.56 Å². The molecule has 2 heterocycles. The van der Waals surface area contributed by atoms with Crippen LogP contribution in [0.15, 0.2) is 42.5 Å². The van der Waals surface area contributed by atoms with E-state index in [9.17, 15) is 4.79 Å². The summed E-state index contributed by atoms with van der Waals surface area (Å²) in [6.07, 6.45) is 1.09. The van der Waals surface area contributed by atoms with Crippen LogP contribution in [0.2, 0.25) is 0 Å². The summed E-state index contributed by atoms with van der Waals surface area (Å²) in [4.78, 5) is 11.8. The molecule has 0 saturated carbocycles. The Morgan fingerprint density at radius 2 is 1.89 bits per heavy atom. The molecular weight excluding hydrogens is 364 g/mol. The van der Waals surface area contributed by atoms with Gasteiger partial charge in [0.1, 0.15) is 11.5 Å². The van der Waals surface area contributed by atoms with Gasteiger partial charge in [-0.05, 0) is 54.3 Å². The molecule has 0 radical (unpaired) electrons. The Bertz CT molecular complexity index is 795. The molecule has 1 fully saturated rings. The fourth-order valence-corrected chi connectivity index (χ4v) is 3.87. The van der Waals surface area contributed by atoms with Gasteiger partial charge in [0.15, 0.2) is 0 Å². The largest absolute Gasteiger partial charge is 0.497 e. The summed E-state index contributed by atoms with van der Waals surface area (Å²) in [5.41, 5.74) is 3.10. The average Bonchev–Trinajstić information content (AvgIpc) is 3.07. The van der Waals surface area contributed by atoms with E-state index in [1.807, 2.05) is 30.3 Å². The maximum Gasteiger partial charge on any atom is 0.252 e. The molecule has 2 aliphatic rings. The van der Waals surface area contributed by atoms with Crippen molar-refractivity contribution in [3.8, 4) is 11.5 Å². The fourth-order valence-electron chi connectivity index (χ4n) is 3.87. The third-order valence-electron chi connectivity index (χ3n) is 5.38. The number of halogens is 1. The molecule has 0 unspecified atom stereocenters. The van der Waals surface area contributed by atoms with Gasteiger partial charge in [0.2, 0.25) is 0 Å². The van der Waals surface area contributed by atoms with Gasteiger partial charge in [0, 0.05) is 24.6 Å². The number of nitrogens with one attached hydrogen (secondary N) is 2. The molecule has 1 saturated heterocycles. The van der Waals surface area contributed by atoms with Crippen molar-refractivity contribution in [2.45, 2.75) is 18.9 Å². The number of benzene rings is 2. The summed E-state index contributed by atoms with van der Waals surface area (Å²) >= 11 is 0. The Morgan fingerprint density at radius 3 is 2.67 bits per heavy atom. The summed E-state index contributed by atoms with van der Waals surface area (Å²) in [6, 6.07) is 14.1. The predicted molar refractivity (Wildman–Crippen MR) is 107 cm³/mol. The molecule has 0 aromatic heterocycles. The van der Waals surface area contributed by atoms with Gasteiger partial charge in [-0.2, -0.15) is 0 Å². The Kier molecular flexibility index (Phi) is 6.24. The van der Waals surface area contributed by atoms with Crippen molar-refractivity contribution in [2.75, 3.05) is 26.8 Å². The predicted octanol–water partition coefficient (Wildman–Crippen LogP) is 3.13. The fraction of sp³-hybridized carbons (Fsp3) is 0.381. The smallest absolute Gasteiger partial charge is 0.252 e. The lowest BCUT2D eigenvalue weighted by Crippen LogP contribution is -2.38. The summed E-state index contributed by atoms with van der Waals surface area (Å²) < 4.78 is 11.3. The minimum Gasteiger partial charge on any atom is -0.497 e. The minimum atomic E-state index is -0.0131. The van der Waals surface area contributed by atoms with Crippen molar-refractivity contribution in [3.63, 3.8) is 0 Å². The summed E-state index contributed by atoms with van der Waals surface area (Å²) in [5.74, 6) is 2.48. The molecule has 0 bridgehead atoms. The van der Waals surface area contributed by atoms with Crippen LogP contribution in [0.5, 0.6) is 11.5 Å². The van der Waals surface area contributed by atoms with Gasteiger partial charge in [-0.15, -0.1) is 12.4 Å². The molecule has 0 spiro atoms. The highest BCUT2D eigenvalue weighted by molar-refractivity contribution is 5.98. The van der Waals surface area contributed by atoms with Crippen LogP contribution >= 0.6 is 12.4 Å². The third-order valence-corrected chi connectivity index (χ3v) is 5.38. The van der Waals surface area contributed by atoms with Crippen LogP contribution in [-0.2, 0) is 6.54 Å². The topological polar surface area (TPSA) is 59.6 Å². The second-order valence-electron chi connectivity index (χ2n) is 6.95. The number of methoxy groups -OCH3 is 1. The Balaban J connectivity index is 0.00000210. The van der Waals surface area contributed by atoms with Crippen molar-refractivity contribution in [1.82, 2.24) is 10.6 Å². The van der Waals surface area contributed by atoms with Crippen LogP contribution in [0.3, 0.4) is 0 Å². The number of amides is 1. The highest BCUT2D eigenvalue weighted by Crippen LogP contribution is 2.32. The molecule has 2 aromatic rings. The molecule has 2 atom stereocenters. The molecular formula is C21H25ClN2O3. The van der Waals surface area contributed by atoms with Crippen LogP contribution in [0.4, 0.5) is 0 Å². The minimum absolute atomic E-state index is 0. The van der Waals surface area contributed by atoms with Crippen molar-refractivity contribution < 1.29 is 14.3 Å². The van der Waals surface area contributed by atoms with Gasteiger partial charge >= 0.3 is 0 Å². The van der Waals surface area contributed by atoms with E-state index in [0.717, 1.165) is 42.1 Å². The van der Waals surface area contributed by atoms with Crippen LogP contribution in [0.25, 0.3) is 0 Å². The molecule has 2 aliphatic heterocycles. The number of rotatable bonds is 5. The molecule has 4 rings (SSSR count).